The molecule has 7 nitrogen and oxygen atoms in total. The van der Waals surface area contributed by atoms with Gasteiger partial charge in [0.15, 0.2) is 0 Å². The predicted molar refractivity (Wildman–Crippen MR) is 57.7 cm³/mol. The van der Waals surface area contributed by atoms with E-state index in [1.807, 2.05) is 0 Å². The van der Waals surface area contributed by atoms with Gasteiger partial charge in [0.1, 0.15) is 0 Å². The number of benzene rings is 1. The second kappa shape index (κ2) is 5.12. The number of nitrogens with zero attached hydrogens (tertiary/aromatic N) is 4. The third-order valence-electron chi connectivity index (χ3n) is 1.95. The number of hydrogen-bond acceptors (Lipinski definition) is 7. The maximum atomic E-state index is 10.8. The summed E-state index contributed by atoms with van der Waals surface area (Å²) in [5.41, 5.74) is 0.508. The summed E-state index contributed by atoms with van der Waals surface area (Å²) in [6.45, 7) is 0. The summed E-state index contributed by atoms with van der Waals surface area (Å²) in [6, 6.07) is 5.32. The summed E-state index contributed by atoms with van der Waals surface area (Å²) in [6.07, 6.45) is 0. The van der Waals surface area contributed by atoms with Crippen LogP contribution >= 0.6 is 12.6 Å². The molecule has 1 N–H and O–H groups in total. The first-order valence-corrected chi connectivity index (χ1v) is 5.95. The van der Waals surface area contributed by atoms with Crippen LogP contribution in [0.15, 0.2) is 49.8 Å². The molecule has 0 saturated heterocycles. The second-order valence-corrected chi connectivity index (χ2v) is 5.06. The molecule has 0 aliphatic carbocycles. The third-order valence-corrected chi connectivity index (χ3v) is 3.25. The van der Waals surface area contributed by atoms with Gasteiger partial charge in [0.2, 0.25) is 0 Å². The van der Waals surface area contributed by atoms with Crippen molar-refractivity contribution in [2.75, 3.05) is 0 Å². The summed E-state index contributed by atoms with van der Waals surface area (Å²) < 4.78 is 30.4. The van der Waals surface area contributed by atoms with E-state index in [9.17, 15) is 8.42 Å². The Bertz CT molecular complexity index is 563. The van der Waals surface area contributed by atoms with Gasteiger partial charge in [-0.1, -0.05) is 12.1 Å². The van der Waals surface area contributed by atoms with Crippen molar-refractivity contribution < 1.29 is 44.0 Å². The summed E-state index contributed by atoms with van der Waals surface area (Å²) >= 11 is 4.14. The quantitative estimate of drug-likeness (QED) is 0.409. The van der Waals surface area contributed by atoms with E-state index in [2.05, 4.69) is 33.3 Å². The molecule has 1 heterocycles. The maximum absolute atomic E-state index is 10.8. The van der Waals surface area contributed by atoms with Crippen LogP contribution in [0.1, 0.15) is 6.99 Å². The monoisotopic (exact) mass is 282 g/mol. The molecular formula is C7H7N4NaO3S2. The topological polar surface area (TPSA) is 104 Å². The van der Waals surface area contributed by atoms with Crippen molar-refractivity contribution in [3.63, 3.8) is 0 Å². The van der Waals surface area contributed by atoms with Crippen LogP contribution in [0.4, 0.5) is 0 Å². The Hall–Kier alpha value is -0.320. The van der Waals surface area contributed by atoms with Crippen molar-refractivity contribution in [2.45, 2.75) is 9.89 Å². The Balaban J connectivity index is 0.00000144. The number of rotatable bonds is 2. The smallest absolute Gasteiger partial charge is 1.00 e. The molecule has 2 rings (SSSR count). The van der Waals surface area contributed by atoms with Gasteiger partial charge in [0, 0.05) is 5.56 Å². The van der Waals surface area contributed by atoms with Crippen LogP contribution in [0.3, 0.4) is 0 Å². The minimum absolute atomic E-state index is 0. The first-order valence-electron chi connectivity index (χ1n) is 4.06. The summed E-state index contributed by atoms with van der Waals surface area (Å²) in [5, 5.41) is 14.0. The first kappa shape index (κ1) is 14.7. The normalized spacial score (nSPS) is 16.8. The van der Waals surface area contributed by atoms with Crippen LogP contribution in [0.2, 0.25) is 0 Å². The van der Waals surface area contributed by atoms with Crippen LogP contribution < -0.4 is 29.6 Å². The Morgan fingerprint density at radius 3 is 2.06 bits per heavy atom. The van der Waals surface area contributed by atoms with E-state index in [1.54, 1.807) is 0 Å². The van der Waals surface area contributed by atoms with E-state index < -0.39 is 15.1 Å². The van der Waals surface area contributed by atoms with Gasteiger partial charge in [0.05, 0.1) is 4.90 Å². The molecule has 0 radical (unpaired) electrons. The van der Waals surface area contributed by atoms with E-state index in [1.165, 1.54) is 24.3 Å². The average molecular weight is 282 g/mol. The minimum atomic E-state index is -4.20. The molecule has 86 valence electrons. The van der Waals surface area contributed by atoms with Crippen molar-refractivity contribution in [1.82, 2.24) is 0 Å². The molecule has 0 fully saturated rings. The molecule has 0 spiro atoms. The van der Waals surface area contributed by atoms with Gasteiger partial charge in [-0.15, -0.1) is 22.9 Å². The molecule has 0 bridgehead atoms. The van der Waals surface area contributed by atoms with Gasteiger partial charge in [-0.25, -0.2) is 0 Å². The fourth-order valence-electron chi connectivity index (χ4n) is 1.15. The molecular weight excluding hydrogens is 275 g/mol. The minimum Gasteiger partial charge on any atom is -1.00 e. The van der Waals surface area contributed by atoms with E-state index in [0.717, 1.165) is 0 Å². The molecule has 0 unspecified atom stereocenters. The van der Waals surface area contributed by atoms with Crippen LogP contribution in [0, 0.1) is 0 Å². The van der Waals surface area contributed by atoms with Gasteiger partial charge in [-0.2, -0.15) is 8.42 Å². The van der Waals surface area contributed by atoms with Crippen LogP contribution in [0.5, 0.6) is 0 Å². The number of thiol groups is 1. The molecule has 17 heavy (non-hydrogen) atoms. The van der Waals surface area contributed by atoms with Gasteiger partial charge in [-0.3, -0.25) is 4.55 Å². The third kappa shape index (κ3) is 3.12. The summed E-state index contributed by atoms with van der Waals surface area (Å²) in [4.78, 5) is -1.42. The van der Waals surface area contributed by atoms with Crippen LogP contribution in [-0.4, -0.2) is 13.0 Å². The van der Waals surface area contributed by atoms with Crippen molar-refractivity contribution in [1.29, 1.82) is 0 Å². The predicted octanol–water partition coefficient (Wildman–Crippen LogP) is -1.08. The van der Waals surface area contributed by atoms with Crippen LogP contribution in [0.25, 0.3) is 0 Å². The fourth-order valence-corrected chi connectivity index (χ4v) is 1.86. The van der Waals surface area contributed by atoms with Gasteiger partial charge >= 0.3 is 29.6 Å². The van der Waals surface area contributed by atoms with E-state index in [0.29, 0.717) is 5.56 Å². The van der Waals surface area contributed by atoms with Crippen molar-refractivity contribution in [2.24, 2.45) is 20.7 Å². The molecule has 0 saturated carbocycles. The first-order chi connectivity index (χ1) is 7.42. The largest absolute Gasteiger partial charge is 1.00 e. The molecule has 1 aromatic rings. The molecule has 0 atom stereocenters. The van der Waals surface area contributed by atoms with Crippen molar-refractivity contribution >= 4 is 22.7 Å². The van der Waals surface area contributed by atoms with Crippen molar-refractivity contribution in [3.8, 4) is 0 Å². The van der Waals surface area contributed by atoms with Gasteiger partial charge in [0.25, 0.3) is 15.1 Å². The Kier molecular flexibility index (Phi) is 4.44. The molecule has 1 aliphatic heterocycles. The maximum Gasteiger partial charge on any atom is 1.00 e. The average Bonchev–Trinajstić information content (AvgIpc) is 2.66. The summed E-state index contributed by atoms with van der Waals surface area (Å²) in [7, 11) is -4.20. The Labute approximate surface area is 126 Å². The zero-order chi connectivity index (χ0) is 11.8. The zero-order valence-electron chi connectivity index (χ0n) is 9.72. The van der Waals surface area contributed by atoms with E-state index in [4.69, 9.17) is 4.55 Å². The Morgan fingerprint density at radius 2 is 1.65 bits per heavy atom. The molecule has 0 amide bonds. The second-order valence-electron chi connectivity index (χ2n) is 3.01. The summed E-state index contributed by atoms with van der Waals surface area (Å²) in [5.74, 6) is 0. The standard InChI is InChI=1S/C7H6N4O3S2.Na.H/c12-16(13,14)6-3-1-5(2-4-6)7(15)8-10-11-9-7;;/h1-4,15H,(H,12,13,14);;/q;+1;-1. The number of hydrogen-bond donors (Lipinski definition) is 2. The Morgan fingerprint density at radius 1 is 1.18 bits per heavy atom. The fraction of sp³-hybridized carbons (Fsp3) is 0.143. The SMILES string of the molecule is O=S(=O)(O)c1ccc(C2(S)N=NN=N2)cc1.[H-].[Na+]. The molecule has 1 aromatic carbocycles. The van der Waals surface area contributed by atoms with Crippen molar-refractivity contribution in [3.05, 3.63) is 29.8 Å². The van der Waals surface area contributed by atoms with Crippen LogP contribution in [-0.2, 0) is 15.1 Å². The molecule has 0 aromatic heterocycles. The zero-order valence-corrected chi connectivity index (χ0v) is 12.4. The van der Waals surface area contributed by atoms with Gasteiger partial charge in [-0.05, 0) is 22.6 Å². The van der Waals surface area contributed by atoms with E-state index in [-0.39, 0.29) is 35.9 Å². The van der Waals surface area contributed by atoms with Gasteiger partial charge < -0.3 is 1.43 Å². The molecule has 10 heteroatoms. The molecule has 1 aliphatic rings. The van der Waals surface area contributed by atoms with E-state index >= 15 is 0 Å².